The lowest BCUT2D eigenvalue weighted by Gasteiger charge is -2.21. The molecule has 0 radical (unpaired) electrons. The monoisotopic (exact) mass is 435 g/mol. The lowest BCUT2D eigenvalue weighted by Crippen LogP contribution is -2.16. The highest BCUT2D eigenvalue weighted by molar-refractivity contribution is 6.05. The second-order valence-corrected chi connectivity index (χ2v) is 8.13. The number of aliphatic carboxylic acids is 1. The van der Waals surface area contributed by atoms with Crippen molar-refractivity contribution in [1.82, 2.24) is 4.98 Å². The number of aliphatic hydroxyl groups is 1. The van der Waals surface area contributed by atoms with E-state index in [2.05, 4.69) is 0 Å². The Morgan fingerprint density at radius 2 is 1.69 bits per heavy atom. The van der Waals surface area contributed by atoms with E-state index in [9.17, 15) is 23.9 Å². The molecule has 2 aromatic carbocycles. The van der Waals surface area contributed by atoms with Gasteiger partial charge in [0.2, 0.25) is 0 Å². The van der Waals surface area contributed by atoms with Gasteiger partial charge in [-0.15, -0.1) is 0 Å². The van der Waals surface area contributed by atoms with E-state index in [4.69, 9.17) is 10.1 Å². The van der Waals surface area contributed by atoms with Gasteiger partial charge in [-0.2, -0.15) is 0 Å². The lowest BCUT2D eigenvalue weighted by atomic mass is 9.88. The largest absolute Gasteiger partial charge is 0.481 e. The fraction of sp³-hybridized carbons (Fsp3) is 0.280. The van der Waals surface area contributed by atoms with Gasteiger partial charge in [0.1, 0.15) is 18.0 Å². The first kappa shape index (κ1) is 21.8. The van der Waals surface area contributed by atoms with Crippen molar-refractivity contribution >= 4 is 28.4 Å². The molecular weight excluding hydrogens is 413 g/mol. The summed E-state index contributed by atoms with van der Waals surface area (Å²) in [6, 6.07) is 13.4. The molecule has 2 N–H and O–H groups in total. The van der Waals surface area contributed by atoms with Crippen LogP contribution in [0.25, 0.3) is 22.0 Å². The van der Waals surface area contributed by atoms with Gasteiger partial charge in [0.15, 0.2) is 5.78 Å². The molecule has 7 heteroatoms. The van der Waals surface area contributed by atoms with E-state index < -0.39 is 36.5 Å². The number of para-hydroxylation sites is 1. The van der Waals surface area contributed by atoms with Gasteiger partial charge < -0.3 is 10.2 Å². The highest BCUT2D eigenvalue weighted by Crippen LogP contribution is 2.47. The van der Waals surface area contributed by atoms with Crippen LogP contribution in [-0.2, 0) is 14.4 Å². The molecule has 4 rings (SSSR count). The number of nitrogens with zero attached hydrogens (tertiary/aromatic N) is 1. The maximum Gasteiger partial charge on any atom is 0.310 e. The minimum absolute atomic E-state index is 0.159. The van der Waals surface area contributed by atoms with Gasteiger partial charge in [-0.05, 0) is 42.2 Å². The van der Waals surface area contributed by atoms with Crippen LogP contribution < -0.4 is 0 Å². The van der Waals surface area contributed by atoms with E-state index >= 15 is 0 Å². The van der Waals surface area contributed by atoms with Gasteiger partial charge in [0.05, 0.1) is 23.7 Å². The number of fused-ring (bicyclic) bond motifs is 1. The summed E-state index contributed by atoms with van der Waals surface area (Å²) in [7, 11) is 0. The zero-order valence-electron chi connectivity index (χ0n) is 17.3. The Balaban J connectivity index is 1.78. The van der Waals surface area contributed by atoms with E-state index in [-0.39, 0.29) is 18.2 Å². The van der Waals surface area contributed by atoms with Crippen LogP contribution in [0.4, 0.5) is 4.39 Å². The second kappa shape index (κ2) is 8.96. The summed E-state index contributed by atoms with van der Waals surface area (Å²) in [6.07, 6.45) is -1.01. The number of ketones is 2. The summed E-state index contributed by atoms with van der Waals surface area (Å²) < 4.78 is 13.6. The number of benzene rings is 2. The smallest absolute Gasteiger partial charge is 0.310 e. The molecule has 1 heterocycles. The van der Waals surface area contributed by atoms with Crippen LogP contribution in [0, 0.1) is 5.82 Å². The normalized spacial score (nSPS) is 14.3. The number of carbonyl (C=O) groups is 3. The maximum atomic E-state index is 13.6. The number of Topliss-reactive ketones (excluding diaryl/α,β-unsaturated/α-hetero) is 2. The van der Waals surface area contributed by atoms with E-state index in [0.717, 1.165) is 23.7 Å². The van der Waals surface area contributed by atoms with E-state index in [1.165, 1.54) is 12.1 Å². The Hall–Kier alpha value is -3.45. The molecule has 1 atom stereocenters. The minimum Gasteiger partial charge on any atom is -0.481 e. The molecule has 0 aliphatic heterocycles. The van der Waals surface area contributed by atoms with Gasteiger partial charge >= 0.3 is 5.97 Å². The van der Waals surface area contributed by atoms with Crippen LogP contribution in [-0.4, -0.2) is 32.7 Å². The molecule has 0 amide bonds. The quantitative estimate of drug-likeness (QED) is 0.485. The predicted molar refractivity (Wildman–Crippen MR) is 116 cm³/mol. The number of carboxylic acid groups (broad SMARTS) is 1. The summed E-state index contributed by atoms with van der Waals surface area (Å²) in [6.45, 7) is 0. The molecule has 1 saturated carbocycles. The number of hydrogen-bond acceptors (Lipinski definition) is 5. The van der Waals surface area contributed by atoms with Crippen molar-refractivity contribution in [2.45, 2.75) is 44.1 Å². The number of rotatable bonds is 9. The molecule has 32 heavy (non-hydrogen) atoms. The van der Waals surface area contributed by atoms with E-state index in [0.29, 0.717) is 22.4 Å². The zero-order chi connectivity index (χ0) is 22.8. The minimum atomic E-state index is -1.29. The summed E-state index contributed by atoms with van der Waals surface area (Å²) in [5.74, 6) is -2.76. The van der Waals surface area contributed by atoms with Crippen molar-refractivity contribution < 1.29 is 29.0 Å². The van der Waals surface area contributed by atoms with Gasteiger partial charge in [-0.25, -0.2) is 4.39 Å². The number of carbonyl (C=O) groups excluding carboxylic acids is 2. The number of pyridine rings is 1. The molecule has 6 nitrogen and oxygen atoms in total. The molecule has 3 aromatic rings. The Bertz CT molecular complexity index is 1200. The number of carboxylic acids is 1. The van der Waals surface area contributed by atoms with Crippen molar-refractivity contribution in [2.24, 2.45) is 0 Å². The summed E-state index contributed by atoms with van der Waals surface area (Å²) in [5, 5.41) is 20.6. The molecule has 0 saturated heterocycles. The number of aliphatic hydroxyl groups excluding tert-OH is 1. The molecule has 1 aromatic heterocycles. The van der Waals surface area contributed by atoms with Crippen LogP contribution >= 0.6 is 0 Å². The zero-order valence-corrected chi connectivity index (χ0v) is 17.3. The topological polar surface area (TPSA) is 105 Å². The third kappa shape index (κ3) is 4.73. The van der Waals surface area contributed by atoms with Crippen molar-refractivity contribution in [3.05, 3.63) is 65.6 Å². The summed E-state index contributed by atoms with van der Waals surface area (Å²) in [4.78, 5) is 39.6. The van der Waals surface area contributed by atoms with Gasteiger partial charge in [0.25, 0.3) is 0 Å². The lowest BCUT2D eigenvalue weighted by molar-refractivity contribution is -0.140. The van der Waals surface area contributed by atoms with Gasteiger partial charge in [-0.3, -0.25) is 19.4 Å². The number of halogens is 1. The first-order chi connectivity index (χ1) is 15.3. The van der Waals surface area contributed by atoms with E-state index in [1.54, 1.807) is 12.1 Å². The fourth-order valence-corrected chi connectivity index (χ4v) is 4.02. The van der Waals surface area contributed by atoms with Crippen molar-refractivity contribution in [3.8, 4) is 11.1 Å². The van der Waals surface area contributed by atoms with Crippen molar-refractivity contribution in [2.75, 3.05) is 0 Å². The van der Waals surface area contributed by atoms with Gasteiger partial charge in [0, 0.05) is 23.3 Å². The third-order valence-electron chi connectivity index (χ3n) is 5.55. The van der Waals surface area contributed by atoms with Gasteiger partial charge in [-0.1, -0.05) is 30.3 Å². The second-order valence-electron chi connectivity index (χ2n) is 8.13. The highest BCUT2D eigenvalue weighted by atomic mass is 19.1. The third-order valence-corrected chi connectivity index (χ3v) is 5.55. The molecular formula is C25H22FNO5. The van der Waals surface area contributed by atoms with Crippen LogP contribution in [0.15, 0.2) is 48.5 Å². The number of aromatic nitrogens is 1. The summed E-state index contributed by atoms with van der Waals surface area (Å²) >= 11 is 0. The average Bonchev–Trinajstić information content (AvgIpc) is 3.57. The molecule has 1 fully saturated rings. The molecule has 0 spiro atoms. The van der Waals surface area contributed by atoms with E-state index in [1.807, 2.05) is 24.3 Å². The summed E-state index contributed by atoms with van der Waals surface area (Å²) in [5.41, 5.74) is 3.34. The van der Waals surface area contributed by atoms with Crippen LogP contribution in [0.1, 0.15) is 55.4 Å². The van der Waals surface area contributed by atoms with Crippen LogP contribution in [0.3, 0.4) is 0 Å². The standard InChI is InChI=1S/C25H22FNO5/c26-16-9-7-14(8-10-16)23-19-3-1-2-4-20(19)27-25(15-5-6-15)24(23)21(30)12-17(28)11-18(29)13-22(31)32/h1-4,7-10,15,21,30H,5-6,11-13H2,(H,31,32). The first-order valence-corrected chi connectivity index (χ1v) is 10.4. The van der Waals surface area contributed by atoms with Crippen molar-refractivity contribution in [3.63, 3.8) is 0 Å². The maximum absolute atomic E-state index is 13.6. The molecule has 164 valence electrons. The Morgan fingerprint density at radius 3 is 2.34 bits per heavy atom. The highest BCUT2D eigenvalue weighted by Gasteiger charge is 2.33. The Labute approximate surface area is 183 Å². The van der Waals surface area contributed by atoms with Crippen LogP contribution in [0.2, 0.25) is 0 Å². The molecule has 1 aliphatic carbocycles. The predicted octanol–water partition coefficient (Wildman–Crippen LogP) is 4.34. The number of hydrogen-bond donors (Lipinski definition) is 2. The first-order valence-electron chi connectivity index (χ1n) is 10.4. The van der Waals surface area contributed by atoms with Crippen LogP contribution in [0.5, 0.6) is 0 Å². The Kier molecular flexibility index (Phi) is 6.10. The fourth-order valence-electron chi connectivity index (χ4n) is 4.02. The molecule has 1 aliphatic rings. The SMILES string of the molecule is O=C(O)CC(=O)CC(=O)CC(O)c1c(C2CC2)nc2ccccc2c1-c1ccc(F)cc1. The average molecular weight is 435 g/mol. The molecule has 0 bridgehead atoms. The molecule has 1 unspecified atom stereocenters. The Morgan fingerprint density at radius 1 is 1.00 bits per heavy atom. The van der Waals surface area contributed by atoms with Crippen molar-refractivity contribution in [1.29, 1.82) is 0 Å².